The number of sulfonamides is 1. The number of nitrogens with one attached hydrogen (secondary N) is 1. The lowest BCUT2D eigenvalue weighted by Gasteiger charge is -2.09. The van der Waals surface area contributed by atoms with Crippen LogP contribution in [0.5, 0.6) is 0 Å². The van der Waals surface area contributed by atoms with Crippen molar-refractivity contribution in [3.05, 3.63) is 78.4 Å². The minimum absolute atomic E-state index is 0.142. The number of fused-ring (bicyclic) bond motifs is 3. The molecule has 1 heterocycles. The standard InChI is InChI=1S/C21H18N2O3S/c1-15-10-12-16(13-11-15)27(25,26)22-14-21(24)23-19-8-4-2-6-17(19)18-7-3-5-9-20(18)23/h2-13,22H,14H2,1H3. The summed E-state index contributed by atoms with van der Waals surface area (Å²) < 4.78 is 28.9. The van der Waals surface area contributed by atoms with Crippen molar-refractivity contribution in [2.45, 2.75) is 11.8 Å². The summed E-state index contributed by atoms with van der Waals surface area (Å²) in [6, 6.07) is 21.7. The number of hydrogen-bond acceptors (Lipinski definition) is 3. The first-order chi connectivity index (χ1) is 13.0. The first-order valence-electron chi connectivity index (χ1n) is 8.55. The van der Waals surface area contributed by atoms with E-state index in [0.717, 1.165) is 27.4 Å². The first-order valence-corrected chi connectivity index (χ1v) is 10.0. The number of benzene rings is 3. The lowest BCUT2D eigenvalue weighted by molar-refractivity contribution is 0.0928. The van der Waals surface area contributed by atoms with Gasteiger partial charge in [-0.05, 0) is 31.2 Å². The number of carbonyl (C=O) groups is 1. The van der Waals surface area contributed by atoms with Gasteiger partial charge < -0.3 is 0 Å². The number of carbonyl (C=O) groups excluding carboxylic acids is 1. The van der Waals surface area contributed by atoms with Crippen molar-refractivity contribution < 1.29 is 13.2 Å². The minimum atomic E-state index is -3.75. The largest absolute Gasteiger partial charge is 0.279 e. The van der Waals surface area contributed by atoms with E-state index < -0.39 is 10.0 Å². The maximum atomic E-state index is 12.9. The SMILES string of the molecule is Cc1ccc(S(=O)(=O)NCC(=O)n2c3ccccc3c3ccccc32)cc1. The molecule has 0 radical (unpaired) electrons. The van der Waals surface area contributed by atoms with Gasteiger partial charge in [0, 0.05) is 10.8 Å². The number of aryl methyl sites for hydroxylation is 1. The van der Waals surface area contributed by atoms with Crippen LogP contribution in [0.2, 0.25) is 0 Å². The normalized spacial score (nSPS) is 11.9. The molecule has 0 saturated carbocycles. The molecule has 3 aromatic carbocycles. The molecule has 27 heavy (non-hydrogen) atoms. The highest BCUT2D eigenvalue weighted by Gasteiger charge is 2.19. The van der Waals surface area contributed by atoms with Crippen LogP contribution < -0.4 is 4.72 Å². The molecule has 6 heteroatoms. The molecule has 4 aromatic rings. The third-order valence-electron chi connectivity index (χ3n) is 4.57. The van der Waals surface area contributed by atoms with Crippen LogP contribution in [0, 0.1) is 6.92 Å². The number of para-hydroxylation sites is 2. The van der Waals surface area contributed by atoms with Crippen molar-refractivity contribution in [3.63, 3.8) is 0 Å². The van der Waals surface area contributed by atoms with Gasteiger partial charge in [-0.25, -0.2) is 13.1 Å². The van der Waals surface area contributed by atoms with Crippen molar-refractivity contribution >= 4 is 37.7 Å². The Kier molecular flexibility index (Phi) is 4.30. The Morgan fingerprint density at radius 2 is 1.37 bits per heavy atom. The fraction of sp³-hybridized carbons (Fsp3) is 0.0952. The summed E-state index contributed by atoms with van der Waals surface area (Å²) in [5.74, 6) is -0.330. The van der Waals surface area contributed by atoms with Crippen LogP contribution >= 0.6 is 0 Å². The molecule has 0 amide bonds. The predicted octanol–water partition coefficient (Wildman–Crippen LogP) is 3.72. The van der Waals surface area contributed by atoms with Crippen molar-refractivity contribution in [2.75, 3.05) is 6.54 Å². The molecule has 1 aromatic heterocycles. The molecule has 0 aliphatic rings. The number of rotatable bonds is 4. The Hall–Kier alpha value is -2.96. The van der Waals surface area contributed by atoms with Crippen LogP contribution in [-0.4, -0.2) is 25.4 Å². The van der Waals surface area contributed by atoms with Gasteiger partial charge in [0.25, 0.3) is 0 Å². The zero-order valence-electron chi connectivity index (χ0n) is 14.7. The smallest absolute Gasteiger partial charge is 0.246 e. The molecule has 0 spiro atoms. The average Bonchev–Trinajstić information content (AvgIpc) is 3.01. The molecule has 136 valence electrons. The molecule has 5 nitrogen and oxygen atoms in total. The van der Waals surface area contributed by atoms with Gasteiger partial charge in [0.1, 0.15) is 0 Å². The van der Waals surface area contributed by atoms with E-state index in [1.54, 1.807) is 16.7 Å². The van der Waals surface area contributed by atoms with E-state index in [1.165, 1.54) is 12.1 Å². The van der Waals surface area contributed by atoms with E-state index in [9.17, 15) is 13.2 Å². The predicted molar refractivity (Wildman–Crippen MR) is 106 cm³/mol. The summed E-state index contributed by atoms with van der Waals surface area (Å²) >= 11 is 0. The molecule has 0 aliphatic heterocycles. The number of nitrogens with zero attached hydrogens (tertiary/aromatic N) is 1. The lowest BCUT2D eigenvalue weighted by Crippen LogP contribution is -2.32. The Morgan fingerprint density at radius 3 is 1.93 bits per heavy atom. The molecule has 4 rings (SSSR count). The molecule has 1 N–H and O–H groups in total. The maximum Gasteiger partial charge on any atom is 0.246 e. The highest BCUT2D eigenvalue weighted by atomic mass is 32.2. The van der Waals surface area contributed by atoms with E-state index in [-0.39, 0.29) is 17.3 Å². The van der Waals surface area contributed by atoms with Gasteiger partial charge in [0.2, 0.25) is 15.9 Å². The lowest BCUT2D eigenvalue weighted by atomic mass is 10.2. The molecule has 0 fully saturated rings. The van der Waals surface area contributed by atoms with Crippen LogP contribution in [0.25, 0.3) is 21.8 Å². The van der Waals surface area contributed by atoms with Crippen LogP contribution in [0.4, 0.5) is 0 Å². The molecule has 0 atom stereocenters. The summed E-state index contributed by atoms with van der Waals surface area (Å²) in [5.41, 5.74) is 2.49. The summed E-state index contributed by atoms with van der Waals surface area (Å²) in [5, 5.41) is 1.92. The van der Waals surface area contributed by atoms with Gasteiger partial charge in [-0.3, -0.25) is 9.36 Å². The Morgan fingerprint density at radius 1 is 0.852 bits per heavy atom. The minimum Gasteiger partial charge on any atom is -0.279 e. The zero-order valence-corrected chi connectivity index (χ0v) is 15.5. The average molecular weight is 378 g/mol. The van der Waals surface area contributed by atoms with Crippen LogP contribution in [0.1, 0.15) is 10.4 Å². The number of hydrogen-bond donors (Lipinski definition) is 1. The zero-order chi connectivity index (χ0) is 19.0. The summed E-state index contributed by atoms with van der Waals surface area (Å²) in [6.07, 6.45) is 0. The quantitative estimate of drug-likeness (QED) is 0.588. The van der Waals surface area contributed by atoms with Gasteiger partial charge >= 0.3 is 0 Å². The van der Waals surface area contributed by atoms with E-state index in [0.29, 0.717) is 0 Å². The van der Waals surface area contributed by atoms with Crippen LogP contribution in [-0.2, 0) is 10.0 Å². The third-order valence-corrected chi connectivity index (χ3v) is 5.99. The second-order valence-electron chi connectivity index (χ2n) is 6.40. The van der Waals surface area contributed by atoms with Gasteiger partial charge in [-0.1, -0.05) is 54.1 Å². The van der Waals surface area contributed by atoms with Gasteiger partial charge in [0.15, 0.2) is 0 Å². The molecule has 0 saturated heterocycles. The highest BCUT2D eigenvalue weighted by Crippen LogP contribution is 2.28. The molecular weight excluding hydrogens is 360 g/mol. The van der Waals surface area contributed by atoms with E-state index in [2.05, 4.69) is 4.72 Å². The van der Waals surface area contributed by atoms with Gasteiger partial charge in [0.05, 0.1) is 22.5 Å². The molecular formula is C21H18N2O3S. The molecule has 0 unspecified atom stereocenters. The maximum absolute atomic E-state index is 12.9. The molecule has 0 aliphatic carbocycles. The Balaban J connectivity index is 1.68. The molecule has 0 bridgehead atoms. The fourth-order valence-electron chi connectivity index (χ4n) is 3.23. The summed E-state index contributed by atoms with van der Waals surface area (Å²) in [7, 11) is -3.75. The second-order valence-corrected chi connectivity index (χ2v) is 8.17. The fourth-order valence-corrected chi connectivity index (χ4v) is 4.20. The van der Waals surface area contributed by atoms with Crippen molar-refractivity contribution in [2.24, 2.45) is 0 Å². The second kappa shape index (κ2) is 6.64. The monoisotopic (exact) mass is 378 g/mol. The first kappa shape index (κ1) is 17.5. The summed E-state index contributed by atoms with van der Waals surface area (Å²) in [6.45, 7) is 1.56. The highest BCUT2D eigenvalue weighted by molar-refractivity contribution is 7.89. The summed E-state index contributed by atoms with van der Waals surface area (Å²) in [4.78, 5) is 13.0. The van der Waals surface area contributed by atoms with Gasteiger partial charge in [-0.15, -0.1) is 0 Å². The third kappa shape index (κ3) is 3.13. The van der Waals surface area contributed by atoms with Crippen molar-refractivity contribution in [3.8, 4) is 0 Å². The van der Waals surface area contributed by atoms with Crippen LogP contribution in [0.3, 0.4) is 0 Å². The Bertz CT molecular complexity index is 1200. The van der Waals surface area contributed by atoms with Gasteiger partial charge in [-0.2, -0.15) is 0 Å². The van der Waals surface area contributed by atoms with E-state index in [1.807, 2.05) is 55.5 Å². The Labute approximate surface area is 157 Å². The number of aromatic nitrogens is 1. The topological polar surface area (TPSA) is 68.2 Å². The van der Waals surface area contributed by atoms with Crippen molar-refractivity contribution in [1.82, 2.24) is 9.29 Å². The van der Waals surface area contributed by atoms with Crippen molar-refractivity contribution in [1.29, 1.82) is 0 Å². The van der Waals surface area contributed by atoms with E-state index >= 15 is 0 Å². The van der Waals surface area contributed by atoms with Crippen LogP contribution in [0.15, 0.2) is 77.7 Å². The van der Waals surface area contributed by atoms with E-state index in [4.69, 9.17) is 0 Å².